The molecule has 2 rings (SSSR count). The van der Waals surface area contributed by atoms with Crippen molar-refractivity contribution in [3.63, 3.8) is 0 Å². The Balaban J connectivity index is 2.50. The van der Waals surface area contributed by atoms with E-state index in [-0.39, 0.29) is 11.4 Å². The Kier molecular flexibility index (Phi) is 4.29. The first-order chi connectivity index (χ1) is 9.73. The fourth-order valence-corrected chi connectivity index (χ4v) is 4.47. The molecule has 1 saturated carbocycles. The molecule has 0 saturated heterocycles. The molecule has 0 heterocycles. The van der Waals surface area contributed by atoms with Crippen LogP contribution in [0, 0.1) is 17.3 Å². The molecule has 0 aliphatic heterocycles. The van der Waals surface area contributed by atoms with Gasteiger partial charge in [0.25, 0.3) is 0 Å². The van der Waals surface area contributed by atoms with E-state index in [1.54, 1.807) is 0 Å². The molecule has 5 atom stereocenters. The van der Waals surface area contributed by atoms with Crippen LogP contribution in [0.15, 0.2) is 11.6 Å². The minimum absolute atomic E-state index is 0.305. The minimum Gasteiger partial charge on any atom is -0.462 e. The van der Waals surface area contributed by atoms with Gasteiger partial charge in [0, 0.05) is 18.3 Å². The van der Waals surface area contributed by atoms with E-state index in [4.69, 9.17) is 4.74 Å². The molecule has 2 aliphatic carbocycles. The van der Waals surface area contributed by atoms with E-state index < -0.39 is 17.6 Å². The summed E-state index contributed by atoms with van der Waals surface area (Å²) in [5, 5.41) is 10.7. The fraction of sp³-hybridized carbons (Fsp3) is 0.765. The van der Waals surface area contributed by atoms with Crippen LogP contribution >= 0.6 is 0 Å². The zero-order chi connectivity index (χ0) is 15.8. The molecule has 0 bridgehead atoms. The summed E-state index contributed by atoms with van der Waals surface area (Å²) in [6.07, 6.45) is 6.04. The summed E-state index contributed by atoms with van der Waals surface area (Å²) in [5.74, 6) is -0.417. The van der Waals surface area contributed by atoms with Crippen molar-refractivity contribution in [3.8, 4) is 0 Å². The van der Waals surface area contributed by atoms with Gasteiger partial charge < -0.3 is 14.6 Å². The van der Waals surface area contributed by atoms with Crippen molar-refractivity contribution >= 4 is 12.3 Å². The van der Waals surface area contributed by atoms with Crippen LogP contribution in [0.1, 0.15) is 53.4 Å². The normalized spacial score (nSPS) is 38.7. The summed E-state index contributed by atoms with van der Waals surface area (Å²) in [6, 6.07) is 0. The molecular formula is C17H26O4. The lowest BCUT2D eigenvalue weighted by atomic mass is 9.51. The molecule has 0 radical (unpaired) electrons. The van der Waals surface area contributed by atoms with Crippen molar-refractivity contribution in [2.75, 3.05) is 0 Å². The molecule has 5 unspecified atom stereocenters. The highest BCUT2D eigenvalue weighted by Crippen LogP contribution is 2.57. The van der Waals surface area contributed by atoms with Gasteiger partial charge in [0.1, 0.15) is 11.7 Å². The maximum absolute atomic E-state index is 11.5. The summed E-state index contributed by atoms with van der Waals surface area (Å²) in [6.45, 7) is 7.19. The highest BCUT2D eigenvalue weighted by atomic mass is 16.5. The number of allylic oxidation sites excluding steroid dienone is 2. The largest absolute Gasteiger partial charge is 0.462 e. The second-order valence-corrected chi connectivity index (χ2v) is 7.00. The SMILES string of the molecule is CC(=O)OC1CCC2=CCCC(C)C2(C)C1C(C)(O)C=O. The van der Waals surface area contributed by atoms with Crippen molar-refractivity contribution < 1.29 is 19.4 Å². The standard InChI is InChI=1S/C17H26O4/c1-11-6-5-7-13-8-9-14(21-12(2)19)15(17(11,13)4)16(3,20)10-18/h7,10-11,14-15,20H,5-6,8-9H2,1-4H3. The second kappa shape index (κ2) is 5.56. The predicted octanol–water partition coefficient (Wildman–Crippen LogP) is 2.64. The summed E-state index contributed by atoms with van der Waals surface area (Å²) in [5.41, 5.74) is -0.502. The van der Waals surface area contributed by atoms with Gasteiger partial charge in [-0.3, -0.25) is 4.79 Å². The Morgan fingerprint density at radius 2 is 2.19 bits per heavy atom. The topological polar surface area (TPSA) is 63.6 Å². The minimum atomic E-state index is -1.50. The van der Waals surface area contributed by atoms with Crippen LogP contribution in [-0.2, 0) is 14.3 Å². The summed E-state index contributed by atoms with van der Waals surface area (Å²) < 4.78 is 5.47. The van der Waals surface area contributed by atoms with E-state index in [2.05, 4.69) is 19.9 Å². The van der Waals surface area contributed by atoms with Crippen molar-refractivity contribution in [1.82, 2.24) is 0 Å². The smallest absolute Gasteiger partial charge is 0.302 e. The number of fused-ring (bicyclic) bond motifs is 1. The Morgan fingerprint density at radius 1 is 1.52 bits per heavy atom. The Hall–Kier alpha value is -1.16. The third-order valence-corrected chi connectivity index (χ3v) is 5.61. The number of aldehydes is 1. The average molecular weight is 294 g/mol. The molecule has 0 aromatic carbocycles. The van der Waals surface area contributed by atoms with Gasteiger partial charge in [-0.15, -0.1) is 0 Å². The van der Waals surface area contributed by atoms with Crippen molar-refractivity contribution in [2.24, 2.45) is 17.3 Å². The van der Waals surface area contributed by atoms with Crippen molar-refractivity contribution in [2.45, 2.75) is 65.1 Å². The molecule has 0 spiro atoms. The van der Waals surface area contributed by atoms with Gasteiger partial charge in [-0.25, -0.2) is 0 Å². The van der Waals surface area contributed by atoms with E-state index in [9.17, 15) is 14.7 Å². The van der Waals surface area contributed by atoms with Gasteiger partial charge in [0.15, 0.2) is 6.29 Å². The highest BCUT2D eigenvalue weighted by molar-refractivity contribution is 5.67. The lowest BCUT2D eigenvalue weighted by molar-refractivity contribution is -0.175. The lowest BCUT2D eigenvalue weighted by Gasteiger charge is -2.55. The van der Waals surface area contributed by atoms with Gasteiger partial charge in [-0.05, 0) is 38.5 Å². The van der Waals surface area contributed by atoms with Gasteiger partial charge in [0.05, 0.1) is 0 Å². The maximum atomic E-state index is 11.5. The van der Waals surface area contributed by atoms with E-state index in [1.165, 1.54) is 19.4 Å². The van der Waals surface area contributed by atoms with E-state index in [0.29, 0.717) is 18.6 Å². The number of rotatable bonds is 3. The number of carbonyl (C=O) groups is 2. The monoisotopic (exact) mass is 294 g/mol. The first-order valence-corrected chi connectivity index (χ1v) is 7.79. The number of hydrogen-bond donors (Lipinski definition) is 1. The van der Waals surface area contributed by atoms with Crippen LogP contribution in [-0.4, -0.2) is 29.1 Å². The molecule has 0 aromatic rings. The Labute approximate surface area is 126 Å². The van der Waals surface area contributed by atoms with E-state index in [0.717, 1.165) is 19.3 Å². The summed E-state index contributed by atoms with van der Waals surface area (Å²) in [7, 11) is 0. The van der Waals surface area contributed by atoms with Crippen LogP contribution in [0.4, 0.5) is 0 Å². The molecule has 4 heteroatoms. The Bertz CT molecular complexity index is 465. The van der Waals surface area contributed by atoms with Gasteiger partial charge in [-0.2, -0.15) is 0 Å². The molecule has 4 nitrogen and oxygen atoms in total. The zero-order valence-electron chi connectivity index (χ0n) is 13.4. The molecular weight excluding hydrogens is 268 g/mol. The number of carbonyl (C=O) groups excluding carboxylic acids is 2. The molecule has 0 amide bonds. The first kappa shape index (κ1) is 16.2. The van der Waals surface area contributed by atoms with Crippen LogP contribution in [0.3, 0.4) is 0 Å². The molecule has 1 fully saturated rings. The molecule has 1 N–H and O–H groups in total. The zero-order valence-corrected chi connectivity index (χ0v) is 13.4. The van der Waals surface area contributed by atoms with Crippen LogP contribution in [0.2, 0.25) is 0 Å². The molecule has 118 valence electrons. The van der Waals surface area contributed by atoms with Gasteiger partial charge in [0.2, 0.25) is 0 Å². The quantitative estimate of drug-likeness (QED) is 0.494. The van der Waals surface area contributed by atoms with Gasteiger partial charge in [-0.1, -0.05) is 25.5 Å². The van der Waals surface area contributed by atoms with Crippen LogP contribution in [0.5, 0.6) is 0 Å². The predicted molar refractivity (Wildman–Crippen MR) is 79.6 cm³/mol. The average Bonchev–Trinajstić information content (AvgIpc) is 2.39. The fourth-order valence-electron chi connectivity index (χ4n) is 4.47. The van der Waals surface area contributed by atoms with Crippen molar-refractivity contribution in [1.29, 1.82) is 0 Å². The summed E-state index contributed by atoms with van der Waals surface area (Å²) in [4.78, 5) is 22.9. The van der Waals surface area contributed by atoms with Crippen LogP contribution < -0.4 is 0 Å². The highest BCUT2D eigenvalue weighted by Gasteiger charge is 2.57. The van der Waals surface area contributed by atoms with E-state index in [1.807, 2.05) is 0 Å². The third kappa shape index (κ3) is 2.66. The summed E-state index contributed by atoms with van der Waals surface area (Å²) >= 11 is 0. The maximum Gasteiger partial charge on any atom is 0.302 e. The first-order valence-electron chi connectivity index (χ1n) is 7.79. The molecule has 2 aliphatic rings. The van der Waals surface area contributed by atoms with Crippen molar-refractivity contribution in [3.05, 3.63) is 11.6 Å². The number of aliphatic hydroxyl groups is 1. The molecule has 0 aromatic heterocycles. The van der Waals surface area contributed by atoms with E-state index >= 15 is 0 Å². The number of esters is 1. The van der Waals surface area contributed by atoms with Gasteiger partial charge >= 0.3 is 5.97 Å². The van der Waals surface area contributed by atoms with Crippen LogP contribution in [0.25, 0.3) is 0 Å². The lowest BCUT2D eigenvalue weighted by Crippen LogP contribution is -2.58. The number of hydrogen-bond acceptors (Lipinski definition) is 4. The second-order valence-electron chi connectivity index (χ2n) is 7.00. The number of ether oxygens (including phenoxy) is 1. The molecule has 21 heavy (non-hydrogen) atoms. The third-order valence-electron chi connectivity index (χ3n) is 5.61. The Morgan fingerprint density at radius 3 is 2.76 bits per heavy atom.